The van der Waals surface area contributed by atoms with E-state index in [0.29, 0.717) is 31.4 Å². The smallest absolute Gasteiger partial charge is 0.220 e. The van der Waals surface area contributed by atoms with Crippen molar-refractivity contribution < 1.29 is 14.0 Å². The van der Waals surface area contributed by atoms with Gasteiger partial charge in [0.25, 0.3) is 0 Å². The molecule has 0 unspecified atom stereocenters. The first kappa shape index (κ1) is 16.3. The number of hydrogen-bond acceptors (Lipinski definition) is 3. The third-order valence-electron chi connectivity index (χ3n) is 2.86. The molecule has 0 spiro atoms. The first-order chi connectivity index (χ1) is 9.49. The summed E-state index contributed by atoms with van der Waals surface area (Å²) >= 11 is 0. The molecule has 0 saturated carbocycles. The van der Waals surface area contributed by atoms with Gasteiger partial charge in [-0.1, -0.05) is 0 Å². The number of carbonyl (C=O) groups is 2. The van der Waals surface area contributed by atoms with Gasteiger partial charge >= 0.3 is 0 Å². The minimum absolute atomic E-state index is 0.0428. The van der Waals surface area contributed by atoms with Crippen molar-refractivity contribution >= 4 is 11.7 Å². The molecule has 1 N–H and O–H groups in total. The Kier molecular flexibility index (Phi) is 6.87. The summed E-state index contributed by atoms with van der Waals surface area (Å²) in [5, 5.41) is 2.79. The van der Waals surface area contributed by atoms with Gasteiger partial charge in [0.2, 0.25) is 5.91 Å². The van der Waals surface area contributed by atoms with E-state index in [9.17, 15) is 14.0 Å². The van der Waals surface area contributed by atoms with E-state index in [1.807, 2.05) is 19.0 Å². The Labute approximate surface area is 119 Å². The fraction of sp³-hybridized carbons (Fsp3) is 0.467. The molecule has 1 amide bonds. The summed E-state index contributed by atoms with van der Waals surface area (Å²) in [6.45, 7) is 1.40. The van der Waals surface area contributed by atoms with Crippen molar-refractivity contribution in [2.45, 2.75) is 19.3 Å². The molecule has 4 nitrogen and oxygen atoms in total. The molecule has 5 heteroatoms. The zero-order valence-electron chi connectivity index (χ0n) is 12.0. The summed E-state index contributed by atoms with van der Waals surface area (Å²) in [6, 6.07) is 5.46. The number of rotatable bonds is 8. The lowest BCUT2D eigenvalue weighted by molar-refractivity contribution is -0.121. The number of benzene rings is 1. The van der Waals surface area contributed by atoms with E-state index in [2.05, 4.69) is 5.32 Å². The maximum Gasteiger partial charge on any atom is 0.220 e. The predicted octanol–water partition coefficient (Wildman–Crippen LogP) is 1.86. The number of nitrogens with zero attached hydrogens (tertiary/aromatic N) is 1. The molecule has 1 aromatic rings. The number of hydrogen-bond donors (Lipinski definition) is 1. The van der Waals surface area contributed by atoms with Gasteiger partial charge in [-0.2, -0.15) is 0 Å². The second-order valence-electron chi connectivity index (χ2n) is 4.94. The van der Waals surface area contributed by atoms with Crippen LogP contribution in [0, 0.1) is 5.82 Å². The molecular formula is C15H21FN2O2. The van der Waals surface area contributed by atoms with Gasteiger partial charge in [-0.05, 0) is 44.8 Å². The van der Waals surface area contributed by atoms with E-state index >= 15 is 0 Å². The standard InChI is InChI=1S/C15H21FN2O2/c1-18(2)11-10-17-15(20)5-3-4-14(19)12-6-8-13(16)9-7-12/h6-9H,3-5,10-11H2,1-2H3,(H,17,20). The Morgan fingerprint density at radius 3 is 2.40 bits per heavy atom. The molecular weight excluding hydrogens is 259 g/mol. The SMILES string of the molecule is CN(C)CCNC(=O)CCCC(=O)c1ccc(F)cc1. The van der Waals surface area contributed by atoms with Crippen LogP contribution in [0.2, 0.25) is 0 Å². The summed E-state index contributed by atoms with van der Waals surface area (Å²) < 4.78 is 12.7. The van der Waals surface area contributed by atoms with Crippen LogP contribution >= 0.6 is 0 Å². The van der Waals surface area contributed by atoms with Crippen LogP contribution in [0.4, 0.5) is 4.39 Å². The van der Waals surface area contributed by atoms with Crippen LogP contribution in [0.3, 0.4) is 0 Å². The van der Waals surface area contributed by atoms with Crippen molar-refractivity contribution in [2.75, 3.05) is 27.2 Å². The highest BCUT2D eigenvalue weighted by atomic mass is 19.1. The average molecular weight is 280 g/mol. The highest BCUT2D eigenvalue weighted by molar-refractivity contribution is 5.96. The Hall–Kier alpha value is -1.75. The van der Waals surface area contributed by atoms with Gasteiger partial charge in [-0.3, -0.25) is 9.59 Å². The fourth-order valence-electron chi connectivity index (χ4n) is 1.70. The van der Waals surface area contributed by atoms with Crippen molar-refractivity contribution in [2.24, 2.45) is 0 Å². The van der Waals surface area contributed by atoms with Gasteiger partial charge in [0.05, 0.1) is 0 Å². The molecule has 0 bridgehead atoms. The first-order valence-corrected chi connectivity index (χ1v) is 6.69. The number of carbonyl (C=O) groups excluding carboxylic acids is 2. The molecule has 0 fully saturated rings. The van der Waals surface area contributed by atoms with Gasteiger partial charge in [0.15, 0.2) is 5.78 Å². The Morgan fingerprint density at radius 2 is 1.80 bits per heavy atom. The van der Waals surface area contributed by atoms with Crippen LogP contribution in [-0.2, 0) is 4.79 Å². The zero-order chi connectivity index (χ0) is 15.0. The fourth-order valence-corrected chi connectivity index (χ4v) is 1.70. The van der Waals surface area contributed by atoms with E-state index in [-0.39, 0.29) is 17.5 Å². The number of Topliss-reactive ketones (excluding diaryl/α,β-unsaturated/α-hetero) is 1. The van der Waals surface area contributed by atoms with Crippen molar-refractivity contribution in [1.82, 2.24) is 10.2 Å². The maximum atomic E-state index is 12.7. The van der Waals surface area contributed by atoms with E-state index in [1.54, 1.807) is 0 Å². The molecule has 1 aromatic carbocycles. The molecule has 1 rings (SSSR count). The third-order valence-corrected chi connectivity index (χ3v) is 2.86. The molecule has 0 saturated heterocycles. The van der Waals surface area contributed by atoms with Crippen LogP contribution in [0.15, 0.2) is 24.3 Å². The highest BCUT2D eigenvalue weighted by Crippen LogP contribution is 2.08. The molecule has 0 aromatic heterocycles. The Bertz CT molecular complexity index is 444. The number of nitrogens with one attached hydrogen (secondary N) is 1. The lowest BCUT2D eigenvalue weighted by Gasteiger charge is -2.10. The number of amides is 1. The van der Waals surface area contributed by atoms with E-state index in [0.717, 1.165) is 6.54 Å². The van der Waals surface area contributed by atoms with Crippen LogP contribution < -0.4 is 5.32 Å². The Morgan fingerprint density at radius 1 is 1.15 bits per heavy atom. The second kappa shape index (κ2) is 8.43. The molecule has 20 heavy (non-hydrogen) atoms. The maximum absolute atomic E-state index is 12.7. The minimum atomic E-state index is -0.359. The lowest BCUT2D eigenvalue weighted by Crippen LogP contribution is -2.31. The van der Waals surface area contributed by atoms with Crippen LogP contribution in [0.25, 0.3) is 0 Å². The van der Waals surface area contributed by atoms with Crippen LogP contribution in [0.5, 0.6) is 0 Å². The van der Waals surface area contributed by atoms with Gasteiger partial charge in [-0.15, -0.1) is 0 Å². The summed E-state index contributed by atoms with van der Waals surface area (Å²) in [5.41, 5.74) is 0.486. The monoisotopic (exact) mass is 280 g/mol. The van der Waals surface area contributed by atoms with E-state index < -0.39 is 0 Å². The molecule has 0 heterocycles. The van der Waals surface area contributed by atoms with Crippen molar-refractivity contribution in [3.8, 4) is 0 Å². The lowest BCUT2D eigenvalue weighted by atomic mass is 10.1. The number of ketones is 1. The summed E-state index contributed by atoms with van der Waals surface area (Å²) in [7, 11) is 3.88. The van der Waals surface area contributed by atoms with Crippen molar-refractivity contribution in [1.29, 1.82) is 0 Å². The number of halogens is 1. The quantitative estimate of drug-likeness (QED) is 0.739. The van der Waals surface area contributed by atoms with Gasteiger partial charge in [0.1, 0.15) is 5.82 Å². The van der Waals surface area contributed by atoms with Crippen LogP contribution in [-0.4, -0.2) is 43.8 Å². The molecule has 0 radical (unpaired) electrons. The molecule has 0 atom stereocenters. The molecule has 110 valence electrons. The zero-order valence-corrected chi connectivity index (χ0v) is 12.0. The first-order valence-electron chi connectivity index (χ1n) is 6.69. The van der Waals surface area contributed by atoms with Crippen molar-refractivity contribution in [3.63, 3.8) is 0 Å². The van der Waals surface area contributed by atoms with Crippen molar-refractivity contribution in [3.05, 3.63) is 35.6 Å². The molecule has 0 aliphatic rings. The van der Waals surface area contributed by atoms with Gasteiger partial charge in [0, 0.05) is 31.5 Å². The molecule has 0 aliphatic heterocycles. The Balaban J connectivity index is 2.21. The molecule has 0 aliphatic carbocycles. The second-order valence-corrected chi connectivity index (χ2v) is 4.94. The average Bonchev–Trinajstić information content (AvgIpc) is 2.39. The third kappa shape index (κ3) is 6.43. The predicted molar refractivity (Wildman–Crippen MR) is 76.1 cm³/mol. The number of likely N-dealkylation sites (N-methyl/N-ethyl adjacent to an activating group) is 1. The van der Waals surface area contributed by atoms with Gasteiger partial charge in [-0.25, -0.2) is 4.39 Å². The summed E-state index contributed by atoms with van der Waals surface area (Å²) in [4.78, 5) is 25.3. The largest absolute Gasteiger partial charge is 0.355 e. The summed E-state index contributed by atoms with van der Waals surface area (Å²) in [6.07, 6.45) is 1.14. The van der Waals surface area contributed by atoms with Crippen LogP contribution in [0.1, 0.15) is 29.6 Å². The van der Waals surface area contributed by atoms with Gasteiger partial charge < -0.3 is 10.2 Å². The normalized spacial score (nSPS) is 10.6. The summed E-state index contributed by atoms with van der Waals surface area (Å²) in [5.74, 6) is -0.466. The topological polar surface area (TPSA) is 49.4 Å². The van der Waals surface area contributed by atoms with E-state index in [4.69, 9.17) is 0 Å². The highest BCUT2D eigenvalue weighted by Gasteiger charge is 2.07. The van der Waals surface area contributed by atoms with E-state index in [1.165, 1.54) is 24.3 Å². The minimum Gasteiger partial charge on any atom is -0.355 e.